The highest BCUT2D eigenvalue weighted by atomic mass is 35.5. The second-order valence-electron chi connectivity index (χ2n) is 2.30. The molecule has 0 saturated carbocycles. The van der Waals surface area contributed by atoms with Crippen LogP contribution in [0.4, 0.5) is 5.69 Å². The summed E-state index contributed by atoms with van der Waals surface area (Å²) in [7, 11) is -3.86. The lowest BCUT2D eigenvalue weighted by molar-refractivity contribution is -0.385. The molecule has 78 valence electrons. The molecule has 1 rings (SSSR count). The SMILES string of the molecule is Cl.NS(=O)(=O)c1cccc([N+](=O)[O-])c1. The van der Waals surface area contributed by atoms with Gasteiger partial charge in [0.15, 0.2) is 0 Å². The number of hydrogen-bond acceptors (Lipinski definition) is 4. The molecule has 0 aromatic heterocycles. The number of nitro benzene ring substituents is 1. The van der Waals surface area contributed by atoms with Gasteiger partial charge >= 0.3 is 0 Å². The molecule has 1 aromatic rings. The highest BCUT2D eigenvalue weighted by Crippen LogP contribution is 2.15. The molecule has 14 heavy (non-hydrogen) atoms. The van der Waals surface area contributed by atoms with Crippen LogP contribution < -0.4 is 5.14 Å². The maximum absolute atomic E-state index is 10.8. The molecule has 2 N–H and O–H groups in total. The second-order valence-corrected chi connectivity index (χ2v) is 3.86. The third kappa shape index (κ3) is 2.95. The number of nitro groups is 1. The van der Waals surface area contributed by atoms with Crippen molar-refractivity contribution in [2.45, 2.75) is 4.90 Å². The van der Waals surface area contributed by atoms with Gasteiger partial charge in [0.05, 0.1) is 9.82 Å². The molecule has 0 aliphatic carbocycles. The maximum atomic E-state index is 10.8. The lowest BCUT2D eigenvalue weighted by Crippen LogP contribution is -2.12. The van der Waals surface area contributed by atoms with Gasteiger partial charge in [-0.25, -0.2) is 13.6 Å². The molecule has 0 saturated heterocycles. The van der Waals surface area contributed by atoms with Crippen LogP contribution in [0.2, 0.25) is 0 Å². The zero-order chi connectivity index (χ0) is 10.1. The lowest BCUT2D eigenvalue weighted by atomic mass is 10.3. The van der Waals surface area contributed by atoms with Crippen LogP contribution in [0, 0.1) is 10.1 Å². The standard InChI is InChI=1S/C6H6N2O4S.ClH/c7-13(11,12)6-3-1-2-5(4-6)8(9)10;/h1-4H,(H2,7,11,12);1H. The van der Waals surface area contributed by atoms with E-state index in [0.29, 0.717) is 0 Å². The number of nitrogens with two attached hydrogens (primary N) is 1. The van der Waals surface area contributed by atoms with Crippen molar-refractivity contribution in [1.82, 2.24) is 0 Å². The number of halogens is 1. The van der Waals surface area contributed by atoms with Crippen LogP contribution >= 0.6 is 12.4 Å². The highest BCUT2D eigenvalue weighted by Gasteiger charge is 2.12. The summed E-state index contributed by atoms with van der Waals surface area (Å²) in [6.07, 6.45) is 0. The number of sulfonamides is 1. The molecule has 0 aliphatic rings. The number of hydrogen-bond donors (Lipinski definition) is 1. The van der Waals surface area contributed by atoms with Crippen LogP contribution in [-0.4, -0.2) is 13.3 Å². The van der Waals surface area contributed by atoms with Crippen molar-refractivity contribution in [1.29, 1.82) is 0 Å². The van der Waals surface area contributed by atoms with E-state index in [9.17, 15) is 18.5 Å². The first kappa shape index (κ1) is 12.8. The van der Waals surface area contributed by atoms with Crippen LogP contribution in [0.3, 0.4) is 0 Å². The van der Waals surface area contributed by atoms with Crippen molar-refractivity contribution in [3.8, 4) is 0 Å². The Balaban J connectivity index is 0.00000169. The van der Waals surface area contributed by atoms with E-state index in [-0.39, 0.29) is 23.0 Å². The summed E-state index contributed by atoms with van der Waals surface area (Å²) in [4.78, 5) is 9.30. The maximum Gasteiger partial charge on any atom is 0.270 e. The Hall–Kier alpha value is -1.18. The minimum atomic E-state index is -3.86. The zero-order valence-corrected chi connectivity index (χ0v) is 8.42. The van der Waals surface area contributed by atoms with Crippen molar-refractivity contribution in [2.75, 3.05) is 0 Å². The fourth-order valence-corrected chi connectivity index (χ4v) is 1.33. The summed E-state index contributed by atoms with van der Waals surface area (Å²) in [6.45, 7) is 0. The van der Waals surface area contributed by atoms with E-state index >= 15 is 0 Å². The van der Waals surface area contributed by atoms with Gasteiger partial charge in [0, 0.05) is 12.1 Å². The van der Waals surface area contributed by atoms with Crippen LogP contribution in [0.1, 0.15) is 0 Å². The quantitative estimate of drug-likeness (QED) is 0.604. The average Bonchev–Trinajstić information content (AvgIpc) is 2.03. The van der Waals surface area contributed by atoms with Crippen molar-refractivity contribution in [3.05, 3.63) is 34.4 Å². The van der Waals surface area contributed by atoms with Gasteiger partial charge in [0.25, 0.3) is 5.69 Å². The molecule has 0 spiro atoms. The minimum absolute atomic E-state index is 0. The first-order chi connectivity index (χ1) is 5.91. The third-order valence-corrected chi connectivity index (χ3v) is 2.27. The monoisotopic (exact) mass is 238 g/mol. The summed E-state index contributed by atoms with van der Waals surface area (Å²) < 4.78 is 21.5. The Morgan fingerprint density at radius 2 is 1.93 bits per heavy atom. The van der Waals surface area contributed by atoms with Crippen LogP contribution in [-0.2, 0) is 10.0 Å². The number of benzene rings is 1. The normalized spacial score (nSPS) is 10.4. The van der Waals surface area contributed by atoms with Crippen molar-refractivity contribution in [2.24, 2.45) is 5.14 Å². The van der Waals surface area contributed by atoms with Gasteiger partial charge in [-0.05, 0) is 6.07 Å². The predicted molar refractivity (Wildman–Crippen MR) is 51.7 cm³/mol. The van der Waals surface area contributed by atoms with E-state index in [1.54, 1.807) is 0 Å². The zero-order valence-electron chi connectivity index (χ0n) is 6.78. The van der Waals surface area contributed by atoms with E-state index in [2.05, 4.69) is 0 Å². The van der Waals surface area contributed by atoms with E-state index < -0.39 is 14.9 Å². The Morgan fingerprint density at radius 1 is 1.36 bits per heavy atom. The topological polar surface area (TPSA) is 103 Å². The van der Waals surface area contributed by atoms with E-state index in [4.69, 9.17) is 5.14 Å². The fraction of sp³-hybridized carbons (Fsp3) is 0. The Bertz CT molecular complexity index is 445. The Kier molecular flexibility index (Phi) is 3.99. The van der Waals surface area contributed by atoms with Crippen LogP contribution in [0.5, 0.6) is 0 Å². The minimum Gasteiger partial charge on any atom is -0.258 e. The van der Waals surface area contributed by atoms with Gasteiger partial charge in [0.1, 0.15) is 0 Å². The molecule has 0 radical (unpaired) electrons. The van der Waals surface area contributed by atoms with Gasteiger partial charge in [-0.15, -0.1) is 12.4 Å². The largest absolute Gasteiger partial charge is 0.270 e. The van der Waals surface area contributed by atoms with Crippen molar-refractivity contribution < 1.29 is 13.3 Å². The first-order valence-corrected chi connectivity index (χ1v) is 4.73. The molecular weight excluding hydrogens is 232 g/mol. The first-order valence-electron chi connectivity index (χ1n) is 3.18. The Morgan fingerprint density at radius 3 is 2.36 bits per heavy atom. The summed E-state index contributed by atoms with van der Waals surface area (Å²) in [6, 6.07) is 4.56. The molecule has 0 aliphatic heterocycles. The van der Waals surface area contributed by atoms with Gasteiger partial charge in [0.2, 0.25) is 10.0 Å². The van der Waals surface area contributed by atoms with Crippen molar-refractivity contribution in [3.63, 3.8) is 0 Å². The summed E-state index contributed by atoms with van der Waals surface area (Å²) >= 11 is 0. The fourth-order valence-electron chi connectivity index (χ4n) is 0.774. The summed E-state index contributed by atoms with van der Waals surface area (Å²) in [5.41, 5.74) is -0.300. The molecule has 0 atom stereocenters. The van der Waals surface area contributed by atoms with Crippen molar-refractivity contribution >= 4 is 28.1 Å². The molecule has 0 heterocycles. The molecule has 8 heteroatoms. The Labute approximate surface area is 86.3 Å². The van der Waals surface area contributed by atoms with Gasteiger partial charge in [-0.3, -0.25) is 10.1 Å². The van der Waals surface area contributed by atoms with Gasteiger partial charge in [-0.2, -0.15) is 0 Å². The third-order valence-electron chi connectivity index (χ3n) is 1.36. The van der Waals surface area contributed by atoms with E-state index in [1.807, 2.05) is 0 Å². The number of nitrogens with zero attached hydrogens (tertiary/aromatic N) is 1. The van der Waals surface area contributed by atoms with Crippen LogP contribution in [0.25, 0.3) is 0 Å². The lowest BCUT2D eigenvalue weighted by Gasteiger charge is -1.96. The predicted octanol–water partition coefficient (Wildman–Crippen LogP) is 0.664. The molecule has 0 amide bonds. The van der Waals surface area contributed by atoms with Crippen LogP contribution in [0.15, 0.2) is 29.2 Å². The molecule has 6 nitrogen and oxygen atoms in total. The number of rotatable bonds is 2. The molecule has 0 fully saturated rings. The van der Waals surface area contributed by atoms with Gasteiger partial charge < -0.3 is 0 Å². The second kappa shape index (κ2) is 4.36. The molecular formula is C6H7ClN2O4S. The highest BCUT2D eigenvalue weighted by molar-refractivity contribution is 7.89. The average molecular weight is 239 g/mol. The molecule has 0 unspecified atom stereocenters. The number of non-ortho nitro benzene ring substituents is 1. The smallest absolute Gasteiger partial charge is 0.258 e. The molecule has 0 bridgehead atoms. The van der Waals surface area contributed by atoms with E-state index in [1.165, 1.54) is 18.2 Å². The van der Waals surface area contributed by atoms with E-state index in [0.717, 1.165) is 6.07 Å². The molecule has 1 aromatic carbocycles. The summed E-state index contributed by atoms with van der Waals surface area (Å²) in [5.74, 6) is 0. The number of primary sulfonamides is 1. The summed E-state index contributed by atoms with van der Waals surface area (Å²) in [5, 5.41) is 15.0. The van der Waals surface area contributed by atoms with Gasteiger partial charge in [-0.1, -0.05) is 6.07 Å².